The zero-order valence-electron chi connectivity index (χ0n) is 12.7. The van der Waals surface area contributed by atoms with Crippen LogP contribution in [0.4, 0.5) is 5.95 Å². The molecule has 0 spiro atoms. The summed E-state index contributed by atoms with van der Waals surface area (Å²) < 4.78 is 3.74. The molecule has 0 saturated carbocycles. The van der Waals surface area contributed by atoms with Crippen molar-refractivity contribution in [3.05, 3.63) is 35.1 Å². The number of aromatic nitrogens is 5. The van der Waals surface area contributed by atoms with Crippen LogP contribution in [0.2, 0.25) is 0 Å². The summed E-state index contributed by atoms with van der Waals surface area (Å²) in [6.45, 7) is 4.91. The van der Waals surface area contributed by atoms with Gasteiger partial charge >= 0.3 is 0 Å². The number of nitrogens with zero attached hydrogens (tertiary/aromatic N) is 5. The average Bonchev–Trinajstić information content (AvgIpc) is 3.11. The molecule has 1 atom stereocenters. The smallest absolute Gasteiger partial charge is 0.226 e. The fraction of sp³-hybridized carbons (Fsp3) is 0.467. The van der Waals surface area contributed by atoms with Crippen molar-refractivity contribution >= 4 is 11.7 Å². The minimum Gasteiger partial charge on any atom is -0.328 e. The molecule has 1 N–H and O–H groups in total. The lowest BCUT2D eigenvalue weighted by atomic mass is 9.86. The molecule has 7 heteroatoms. The number of rotatable bonds is 2. The first-order valence-corrected chi connectivity index (χ1v) is 7.65. The van der Waals surface area contributed by atoms with Crippen molar-refractivity contribution in [2.45, 2.75) is 45.7 Å². The molecule has 0 aromatic carbocycles. The van der Waals surface area contributed by atoms with Gasteiger partial charge in [0.15, 0.2) is 5.78 Å². The van der Waals surface area contributed by atoms with Crippen LogP contribution in [0.15, 0.2) is 23.8 Å². The van der Waals surface area contributed by atoms with Crippen LogP contribution in [0, 0.1) is 6.92 Å². The monoisotopic (exact) mass is 298 g/mol. The van der Waals surface area contributed by atoms with Gasteiger partial charge < -0.3 is 5.32 Å². The summed E-state index contributed by atoms with van der Waals surface area (Å²) in [4.78, 5) is 16.8. The normalized spacial score (nSPS) is 20.6. The van der Waals surface area contributed by atoms with Gasteiger partial charge in [0.05, 0.1) is 6.20 Å². The maximum atomic E-state index is 12.5. The van der Waals surface area contributed by atoms with Gasteiger partial charge in [0.25, 0.3) is 0 Å². The number of carbonyl (C=O) groups excluding carboxylic acids is 1. The molecular weight excluding hydrogens is 280 g/mol. The lowest BCUT2D eigenvalue weighted by Crippen LogP contribution is -2.31. The Morgan fingerprint density at radius 1 is 1.36 bits per heavy atom. The Balaban J connectivity index is 1.93. The highest BCUT2D eigenvalue weighted by Crippen LogP contribution is 2.40. The van der Waals surface area contributed by atoms with Gasteiger partial charge in [-0.05, 0) is 26.7 Å². The van der Waals surface area contributed by atoms with E-state index in [4.69, 9.17) is 0 Å². The third-order valence-electron chi connectivity index (χ3n) is 4.55. The van der Waals surface area contributed by atoms with Crippen molar-refractivity contribution in [3.8, 4) is 0 Å². The number of ketones is 1. The van der Waals surface area contributed by atoms with Crippen molar-refractivity contribution in [2.24, 2.45) is 0 Å². The van der Waals surface area contributed by atoms with Gasteiger partial charge in [0, 0.05) is 35.5 Å². The molecule has 22 heavy (non-hydrogen) atoms. The quantitative estimate of drug-likeness (QED) is 0.915. The predicted octanol–water partition coefficient (Wildman–Crippen LogP) is 1.82. The molecule has 0 radical (unpaired) electrons. The molecule has 0 bridgehead atoms. The van der Waals surface area contributed by atoms with E-state index >= 15 is 0 Å². The van der Waals surface area contributed by atoms with Gasteiger partial charge in [-0.25, -0.2) is 4.68 Å². The van der Waals surface area contributed by atoms with Crippen molar-refractivity contribution in [3.63, 3.8) is 0 Å². The minimum absolute atomic E-state index is 0.198. The van der Waals surface area contributed by atoms with Crippen LogP contribution in [0.1, 0.15) is 43.5 Å². The van der Waals surface area contributed by atoms with Crippen molar-refractivity contribution in [2.75, 3.05) is 5.32 Å². The first-order valence-electron chi connectivity index (χ1n) is 7.65. The second-order valence-electron chi connectivity index (χ2n) is 5.73. The summed E-state index contributed by atoms with van der Waals surface area (Å²) in [5.74, 6) is 0.894. The topological polar surface area (TPSA) is 77.6 Å². The molecule has 4 rings (SSSR count). The number of hydrogen-bond donors (Lipinski definition) is 1. The summed E-state index contributed by atoms with van der Waals surface area (Å²) >= 11 is 0. The largest absolute Gasteiger partial charge is 0.328 e. The van der Waals surface area contributed by atoms with Gasteiger partial charge in [-0.1, -0.05) is 0 Å². The number of fused-ring (bicyclic) bond motifs is 1. The third-order valence-corrected chi connectivity index (χ3v) is 4.55. The highest BCUT2D eigenvalue weighted by molar-refractivity contribution is 5.99. The Morgan fingerprint density at radius 2 is 2.23 bits per heavy atom. The number of aryl methyl sites for hydroxylation is 1. The minimum atomic E-state index is -0.221. The highest BCUT2D eigenvalue weighted by Gasteiger charge is 2.37. The predicted molar refractivity (Wildman–Crippen MR) is 80.3 cm³/mol. The Morgan fingerprint density at radius 3 is 3.00 bits per heavy atom. The number of hydrogen-bond acceptors (Lipinski definition) is 5. The summed E-state index contributed by atoms with van der Waals surface area (Å²) in [5.41, 5.74) is 3.91. The van der Waals surface area contributed by atoms with Gasteiger partial charge in [-0.2, -0.15) is 15.2 Å². The summed E-state index contributed by atoms with van der Waals surface area (Å²) in [6, 6.07) is -0.221. The van der Waals surface area contributed by atoms with Crippen LogP contribution < -0.4 is 5.32 Å². The number of nitrogens with one attached hydrogen (secondary N) is 1. The molecule has 1 aliphatic heterocycles. The number of anilines is 1. The van der Waals surface area contributed by atoms with E-state index < -0.39 is 0 Å². The standard InChI is InChI=1S/C15H18N6O/c1-3-20-9(2)10(7-17-20)14-13-11(5-4-6-12(13)22)19-15-16-8-18-21(14)15/h7-8,14H,3-6H2,1-2H3,(H,16,18,19). The summed E-state index contributed by atoms with van der Waals surface area (Å²) in [6.07, 6.45) is 5.75. The van der Waals surface area contributed by atoms with Crippen LogP contribution in [-0.2, 0) is 11.3 Å². The SMILES string of the molecule is CCn1ncc(C2C3=C(CCCC3=O)Nc3ncnn32)c1C. The molecule has 1 unspecified atom stereocenters. The third kappa shape index (κ3) is 1.74. The van der Waals surface area contributed by atoms with E-state index in [1.807, 2.05) is 17.8 Å². The maximum absolute atomic E-state index is 12.5. The van der Waals surface area contributed by atoms with E-state index in [9.17, 15) is 4.79 Å². The lowest BCUT2D eigenvalue weighted by Gasteiger charge is -2.31. The zero-order valence-corrected chi connectivity index (χ0v) is 12.7. The van der Waals surface area contributed by atoms with E-state index in [1.54, 1.807) is 4.68 Å². The molecule has 2 aliphatic rings. The Bertz CT molecular complexity index is 784. The summed E-state index contributed by atoms with van der Waals surface area (Å²) in [5, 5.41) is 12.0. The van der Waals surface area contributed by atoms with Gasteiger partial charge in [0.1, 0.15) is 12.4 Å². The lowest BCUT2D eigenvalue weighted by molar-refractivity contribution is -0.116. The molecule has 0 saturated heterocycles. The Labute approximate surface area is 128 Å². The Kier molecular flexibility index (Phi) is 2.88. The zero-order chi connectivity index (χ0) is 15.3. The fourth-order valence-corrected chi connectivity index (χ4v) is 3.43. The van der Waals surface area contributed by atoms with E-state index in [-0.39, 0.29) is 11.8 Å². The second-order valence-corrected chi connectivity index (χ2v) is 5.73. The van der Waals surface area contributed by atoms with Crippen molar-refractivity contribution in [1.29, 1.82) is 0 Å². The van der Waals surface area contributed by atoms with E-state index in [0.29, 0.717) is 12.4 Å². The molecule has 114 valence electrons. The molecule has 3 heterocycles. The molecule has 2 aromatic heterocycles. The highest BCUT2D eigenvalue weighted by atomic mass is 16.1. The van der Waals surface area contributed by atoms with Crippen LogP contribution in [0.25, 0.3) is 0 Å². The van der Waals surface area contributed by atoms with Gasteiger partial charge in [-0.15, -0.1) is 0 Å². The Hall–Kier alpha value is -2.44. The molecule has 1 aliphatic carbocycles. The first-order chi connectivity index (χ1) is 10.7. The average molecular weight is 298 g/mol. The van der Waals surface area contributed by atoms with E-state index in [0.717, 1.165) is 41.9 Å². The molecule has 0 amide bonds. The van der Waals surface area contributed by atoms with Crippen molar-refractivity contribution < 1.29 is 4.79 Å². The van der Waals surface area contributed by atoms with Gasteiger partial charge in [0.2, 0.25) is 5.95 Å². The molecule has 0 fully saturated rings. The fourth-order valence-electron chi connectivity index (χ4n) is 3.43. The van der Waals surface area contributed by atoms with Crippen LogP contribution >= 0.6 is 0 Å². The second kappa shape index (κ2) is 4.79. The molecule has 7 nitrogen and oxygen atoms in total. The van der Waals surface area contributed by atoms with E-state index in [2.05, 4.69) is 27.4 Å². The molecule has 2 aromatic rings. The van der Waals surface area contributed by atoms with E-state index in [1.165, 1.54) is 6.33 Å². The van der Waals surface area contributed by atoms with Crippen LogP contribution in [-0.4, -0.2) is 30.3 Å². The van der Waals surface area contributed by atoms with Crippen LogP contribution in [0.3, 0.4) is 0 Å². The number of allylic oxidation sites excluding steroid dienone is 2. The first kappa shape index (κ1) is 13.2. The number of Topliss-reactive ketones (excluding diaryl/α,β-unsaturated/α-hetero) is 1. The van der Waals surface area contributed by atoms with Crippen LogP contribution in [0.5, 0.6) is 0 Å². The molecular formula is C15H18N6O. The maximum Gasteiger partial charge on any atom is 0.226 e. The summed E-state index contributed by atoms with van der Waals surface area (Å²) in [7, 11) is 0. The van der Waals surface area contributed by atoms with Crippen molar-refractivity contribution in [1.82, 2.24) is 24.5 Å². The van der Waals surface area contributed by atoms with Gasteiger partial charge in [-0.3, -0.25) is 9.48 Å². The number of carbonyl (C=O) groups is 1.